The Kier molecular flexibility index (Phi) is 9.21. The van der Waals surface area contributed by atoms with Crippen LogP contribution in [0.2, 0.25) is 0 Å². The van der Waals surface area contributed by atoms with Crippen molar-refractivity contribution < 1.29 is 19.0 Å². The molecule has 0 radical (unpaired) electrons. The van der Waals surface area contributed by atoms with Crippen LogP contribution in [0.15, 0.2) is 47.4 Å². The highest BCUT2D eigenvalue weighted by molar-refractivity contribution is 8.26. The van der Waals surface area contributed by atoms with E-state index in [4.69, 9.17) is 26.4 Å². The van der Waals surface area contributed by atoms with E-state index in [0.717, 1.165) is 17.7 Å². The van der Waals surface area contributed by atoms with Crippen molar-refractivity contribution in [1.82, 2.24) is 4.90 Å². The van der Waals surface area contributed by atoms with Crippen molar-refractivity contribution in [3.8, 4) is 17.2 Å². The molecule has 1 atom stereocenters. The molecule has 5 nitrogen and oxygen atoms in total. The zero-order valence-corrected chi connectivity index (χ0v) is 21.3. The van der Waals surface area contributed by atoms with Crippen LogP contribution >= 0.6 is 24.0 Å². The molecule has 1 saturated heterocycles. The van der Waals surface area contributed by atoms with Crippen LogP contribution in [0.1, 0.15) is 50.7 Å². The molecule has 1 aliphatic rings. The van der Waals surface area contributed by atoms with Crippen molar-refractivity contribution in [2.45, 2.75) is 39.5 Å². The number of thiocarbonyl (C=S) groups is 1. The molecule has 1 unspecified atom stereocenters. The lowest BCUT2D eigenvalue weighted by Crippen LogP contribution is -2.27. The number of ether oxygens (including phenoxy) is 3. The molecule has 0 aromatic heterocycles. The SMILES string of the molecule is CCC(C)c1ccc(OCCCOc2c(C=C3SC(=S)N(CC)C3=O)cccc2OC)cc1. The molecule has 33 heavy (non-hydrogen) atoms. The lowest BCUT2D eigenvalue weighted by Gasteiger charge is -2.14. The van der Waals surface area contributed by atoms with Crippen LogP contribution in [0.25, 0.3) is 6.08 Å². The van der Waals surface area contributed by atoms with Crippen molar-refractivity contribution >= 4 is 40.3 Å². The van der Waals surface area contributed by atoms with Crippen LogP contribution in [-0.4, -0.2) is 42.0 Å². The minimum absolute atomic E-state index is 0.0750. The van der Waals surface area contributed by atoms with E-state index in [-0.39, 0.29) is 5.91 Å². The van der Waals surface area contributed by atoms with Gasteiger partial charge >= 0.3 is 0 Å². The van der Waals surface area contributed by atoms with Gasteiger partial charge in [0.05, 0.1) is 25.2 Å². The van der Waals surface area contributed by atoms with Crippen LogP contribution in [0.4, 0.5) is 0 Å². The van der Waals surface area contributed by atoms with Crippen LogP contribution in [0.3, 0.4) is 0 Å². The van der Waals surface area contributed by atoms with Crippen LogP contribution < -0.4 is 14.2 Å². The van der Waals surface area contributed by atoms with E-state index in [1.54, 1.807) is 12.0 Å². The highest BCUT2D eigenvalue weighted by Gasteiger charge is 2.31. The van der Waals surface area contributed by atoms with Gasteiger partial charge in [-0.15, -0.1) is 0 Å². The van der Waals surface area contributed by atoms with Crippen LogP contribution in [0.5, 0.6) is 17.2 Å². The second-order valence-corrected chi connectivity index (χ2v) is 9.41. The molecular formula is C26H31NO4S2. The number of benzene rings is 2. The van der Waals surface area contributed by atoms with Crippen molar-refractivity contribution in [1.29, 1.82) is 0 Å². The van der Waals surface area contributed by atoms with Gasteiger partial charge in [0.25, 0.3) is 5.91 Å². The monoisotopic (exact) mass is 485 g/mol. The number of methoxy groups -OCH3 is 1. The topological polar surface area (TPSA) is 48.0 Å². The summed E-state index contributed by atoms with van der Waals surface area (Å²) in [4.78, 5) is 14.8. The number of carbonyl (C=O) groups is 1. The highest BCUT2D eigenvalue weighted by atomic mass is 32.2. The molecule has 0 bridgehead atoms. The first-order valence-corrected chi connectivity index (χ1v) is 12.5. The van der Waals surface area contributed by atoms with Crippen molar-refractivity contribution in [3.63, 3.8) is 0 Å². The Balaban J connectivity index is 1.60. The fourth-order valence-electron chi connectivity index (χ4n) is 3.43. The van der Waals surface area contributed by atoms with E-state index >= 15 is 0 Å². The van der Waals surface area contributed by atoms with Gasteiger partial charge in [-0.1, -0.05) is 62.1 Å². The molecule has 7 heteroatoms. The summed E-state index contributed by atoms with van der Waals surface area (Å²) in [5.41, 5.74) is 2.11. The third kappa shape index (κ3) is 6.30. The number of amides is 1. The maximum Gasteiger partial charge on any atom is 0.266 e. The molecule has 3 rings (SSSR count). The molecule has 1 amide bonds. The lowest BCUT2D eigenvalue weighted by molar-refractivity contribution is -0.121. The minimum Gasteiger partial charge on any atom is -0.493 e. The second kappa shape index (κ2) is 12.1. The van der Waals surface area contributed by atoms with Gasteiger partial charge in [0.2, 0.25) is 0 Å². The summed E-state index contributed by atoms with van der Waals surface area (Å²) >= 11 is 6.62. The number of nitrogens with zero attached hydrogens (tertiary/aromatic N) is 1. The number of carbonyl (C=O) groups excluding carboxylic acids is 1. The zero-order valence-electron chi connectivity index (χ0n) is 19.6. The quantitative estimate of drug-likeness (QED) is 0.212. The summed E-state index contributed by atoms with van der Waals surface area (Å²) < 4.78 is 18.0. The zero-order chi connectivity index (χ0) is 23.8. The fraction of sp³-hybridized carbons (Fsp3) is 0.385. The predicted octanol–water partition coefficient (Wildman–Crippen LogP) is 6.28. The van der Waals surface area contributed by atoms with Crippen molar-refractivity contribution in [2.24, 2.45) is 0 Å². The Labute approximate surface area is 206 Å². The predicted molar refractivity (Wildman–Crippen MR) is 139 cm³/mol. The van der Waals surface area contributed by atoms with E-state index in [1.807, 2.05) is 43.3 Å². The summed E-state index contributed by atoms with van der Waals surface area (Å²) in [6, 6.07) is 13.9. The van der Waals surface area contributed by atoms with Gasteiger partial charge in [-0.3, -0.25) is 9.69 Å². The van der Waals surface area contributed by atoms with Gasteiger partial charge in [0, 0.05) is 18.5 Å². The molecule has 1 aliphatic heterocycles. The first-order chi connectivity index (χ1) is 16.0. The molecular weight excluding hydrogens is 454 g/mol. The number of para-hydroxylation sites is 1. The third-order valence-electron chi connectivity index (χ3n) is 5.57. The number of hydrogen-bond donors (Lipinski definition) is 0. The average Bonchev–Trinajstić information content (AvgIpc) is 3.11. The minimum atomic E-state index is -0.0750. The molecule has 2 aromatic rings. The van der Waals surface area contributed by atoms with Gasteiger partial charge < -0.3 is 14.2 Å². The average molecular weight is 486 g/mol. The number of hydrogen-bond acceptors (Lipinski definition) is 6. The van der Waals surface area contributed by atoms with Crippen LogP contribution in [-0.2, 0) is 4.79 Å². The van der Waals surface area contributed by atoms with E-state index in [0.29, 0.717) is 52.8 Å². The largest absolute Gasteiger partial charge is 0.493 e. The van der Waals surface area contributed by atoms with Gasteiger partial charge in [0.15, 0.2) is 11.5 Å². The van der Waals surface area contributed by atoms with Gasteiger partial charge in [0.1, 0.15) is 10.1 Å². The van der Waals surface area contributed by atoms with E-state index < -0.39 is 0 Å². The second-order valence-electron chi connectivity index (χ2n) is 7.73. The van der Waals surface area contributed by atoms with Gasteiger partial charge in [-0.25, -0.2) is 0 Å². The third-order valence-corrected chi connectivity index (χ3v) is 6.95. The van der Waals surface area contributed by atoms with Crippen molar-refractivity contribution in [3.05, 3.63) is 58.5 Å². The van der Waals surface area contributed by atoms with E-state index in [9.17, 15) is 4.79 Å². The maximum atomic E-state index is 12.6. The fourth-order valence-corrected chi connectivity index (χ4v) is 4.80. The summed E-state index contributed by atoms with van der Waals surface area (Å²) in [6.45, 7) is 7.90. The normalized spacial score (nSPS) is 15.8. The molecule has 0 N–H and O–H groups in total. The summed E-state index contributed by atoms with van der Waals surface area (Å²) in [5.74, 6) is 2.57. The van der Waals surface area contributed by atoms with Crippen molar-refractivity contribution in [2.75, 3.05) is 26.9 Å². The summed E-state index contributed by atoms with van der Waals surface area (Å²) in [6.07, 6.45) is 3.65. The lowest BCUT2D eigenvalue weighted by atomic mass is 9.99. The molecule has 0 aliphatic carbocycles. The van der Waals surface area contributed by atoms with E-state index in [1.165, 1.54) is 17.3 Å². The molecule has 0 spiro atoms. The molecule has 1 heterocycles. The summed E-state index contributed by atoms with van der Waals surface area (Å²) in [5, 5.41) is 0. The smallest absolute Gasteiger partial charge is 0.266 e. The van der Waals surface area contributed by atoms with Gasteiger partial charge in [-0.2, -0.15) is 0 Å². The summed E-state index contributed by atoms with van der Waals surface area (Å²) in [7, 11) is 1.61. The molecule has 1 fully saturated rings. The van der Waals surface area contributed by atoms with E-state index in [2.05, 4.69) is 26.0 Å². The first kappa shape index (κ1) is 25.1. The van der Waals surface area contributed by atoms with Crippen LogP contribution in [0, 0.1) is 0 Å². The molecule has 2 aromatic carbocycles. The Morgan fingerprint density at radius 2 is 1.82 bits per heavy atom. The standard InChI is InChI=1S/C26H31NO4S2/c1-5-18(3)19-11-13-21(14-12-19)30-15-8-16-31-24-20(9-7-10-22(24)29-4)17-23-25(28)27(6-2)26(32)33-23/h7,9-14,17-18H,5-6,8,15-16H2,1-4H3. The Hall–Kier alpha value is -2.51. The first-order valence-electron chi connectivity index (χ1n) is 11.3. The Bertz CT molecular complexity index is 1000. The Morgan fingerprint density at radius 3 is 2.45 bits per heavy atom. The molecule has 0 saturated carbocycles. The number of thioether (sulfide) groups is 1. The molecule has 176 valence electrons. The highest BCUT2D eigenvalue weighted by Crippen LogP contribution is 2.37. The number of rotatable bonds is 11. The number of likely N-dealkylation sites (N-methyl/N-ethyl adjacent to an activating group) is 1. The maximum absolute atomic E-state index is 12.6. The Morgan fingerprint density at radius 1 is 1.09 bits per heavy atom. The van der Waals surface area contributed by atoms with Gasteiger partial charge in [-0.05, 0) is 49.1 Å².